The number of ether oxygens (including phenoxy) is 2. The van der Waals surface area contributed by atoms with Crippen molar-refractivity contribution in [2.24, 2.45) is 0 Å². The van der Waals surface area contributed by atoms with Crippen molar-refractivity contribution in [3.63, 3.8) is 0 Å². The van der Waals surface area contributed by atoms with Gasteiger partial charge in [-0.05, 0) is 42.8 Å². The Morgan fingerprint density at radius 1 is 1.25 bits per heavy atom. The van der Waals surface area contributed by atoms with Crippen LogP contribution in [0.15, 0.2) is 29.6 Å². The van der Waals surface area contributed by atoms with Crippen molar-refractivity contribution in [2.75, 3.05) is 18.7 Å². The maximum Gasteiger partial charge on any atom is 0.325 e. The van der Waals surface area contributed by atoms with Gasteiger partial charge in [-0.25, -0.2) is 4.79 Å². The zero-order chi connectivity index (χ0) is 19.3. The molecule has 0 bridgehead atoms. The quantitative estimate of drug-likeness (QED) is 0.772. The van der Waals surface area contributed by atoms with Crippen molar-refractivity contribution < 1.29 is 23.9 Å². The van der Waals surface area contributed by atoms with Gasteiger partial charge in [-0.1, -0.05) is 0 Å². The van der Waals surface area contributed by atoms with Gasteiger partial charge in [0.05, 0.1) is 0 Å². The molecule has 1 spiro atoms. The van der Waals surface area contributed by atoms with Crippen LogP contribution in [-0.2, 0) is 21.5 Å². The van der Waals surface area contributed by atoms with Gasteiger partial charge < -0.3 is 20.1 Å². The predicted octanol–water partition coefficient (Wildman–Crippen LogP) is 2.20. The third kappa shape index (κ3) is 2.54. The van der Waals surface area contributed by atoms with E-state index < -0.39 is 17.5 Å². The van der Waals surface area contributed by atoms with E-state index in [1.54, 1.807) is 29.5 Å². The molecule has 144 valence electrons. The molecular weight excluding hydrogens is 382 g/mol. The van der Waals surface area contributed by atoms with Gasteiger partial charge in [-0.15, -0.1) is 11.3 Å². The lowest BCUT2D eigenvalue weighted by Crippen LogP contribution is -2.46. The highest BCUT2D eigenvalue weighted by atomic mass is 32.1. The summed E-state index contributed by atoms with van der Waals surface area (Å²) in [6.07, 6.45) is 2.26. The first-order valence-corrected chi connectivity index (χ1v) is 9.85. The highest BCUT2D eigenvalue weighted by Gasteiger charge is 2.54. The number of imide groups is 1. The average Bonchev–Trinajstić information content (AvgIpc) is 3.38. The average molecular weight is 399 g/mol. The number of rotatable bonds is 3. The van der Waals surface area contributed by atoms with Crippen LogP contribution in [0.2, 0.25) is 0 Å². The van der Waals surface area contributed by atoms with Crippen molar-refractivity contribution in [3.05, 3.63) is 40.1 Å². The number of carbonyl (C=O) groups is 3. The van der Waals surface area contributed by atoms with Crippen molar-refractivity contribution >= 4 is 34.9 Å². The Labute approximate surface area is 164 Å². The minimum atomic E-state index is -1.04. The van der Waals surface area contributed by atoms with Gasteiger partial charge in [-0.3, -0.25) is 14.5 Å². The van der Waals surface area contributed by atoms with Crippen LogP contribution in [0.4, 0.5) is 10.5 Å². The number of urea groups is 1. The predicted molar refractivity (Wildman–Crippen MR) is 100 cm³/mol. The topological polar surface area (TPSA) is 97.0 Å². The molecular formula is C19H17N3O5S. The molecule has 4 amide bonds. The summed E-state index contributed by atoms with van der Waals surface area (Å²) in [6, 6.07) is 6.38. The lowest BCUT2D eigenvalue weighted by Gasteiger charge is -2.31. The molecule has 2 aromatic rings. The van der Waals surface area contributed by atoms with Crippen LogP contribution in [0.3, 0.4) is 0 Å². The van der Waals surface area contributed by atoms with Crippen LogP contribution >= 0.6 is 11.3 Å². The minimum absolute atomic E-state index is 0.141. The molecule has 1 fully saturated rings. The number of amides is 4. The minimum Gasteiger partial charge on any atom is -0.454 e. The summed E-state index contributed by atoms with van der Waals surface area (Å²) in [5.74, 6) is 0.329. The summed E-state index contributed by atoms with van der Waals surface area (Å²) in [5.41, 5.74) is 0.332. The van der Waals surface area contributed by atoms with E-state index in [4.69, 9.17) is 9.47 Å². The summed E-state index contributed by atoms with van der Waals surface area (Å²) >= 11 is 1.59. The molecule has 1 aromatic heterocycles. The van der Waals surface area contributed by atoms with Crippen LogP contribution in [0.1, 0.15) is 23.3 Å². The number of nitrogens with zero attached hydrogens (tertiary/aromatic N) is 1. The molecule has 2 aliphatic heterocycles. The second-order valence-electron chi connectivity index (χ2n) is 6.95. The van der Waals surface area contributed by atoms with E-state index in [1.807, 2.05) is 11.4 Å². The molecule has 1 unspecified atom stereocenters. The van der Waals surface area contributed by atoms with E-state index in [0.717, 1.165) is 28.2 Å². The number of anilines is 1. The molecule has 1 aliphatic carbocycles. The Bertz CT molecular complexity index is 1000. The van der Waals surface area contributed by atoms with Gasteiger partial charge in [0, 0.05) is 22.2 Å². The van der Waals surface area contributed by atoms with E-state index in [-0.39, 0.29) is 19.2 Å². The van der Waals surface area contributed by atoms with Crippen molar-refractivity contribution in [3.8, 4) is 11.5 Å². The van der Waals surface area contributed by atoms with E-state index >= 15 is 0 Å². The summed E-state index contributed by atoms with van der Waals surface area (Å²) < 4.78 is 10.5. The van der Waals surface area contributed by atoms with Crippen molar-refractivity contribution in [1.82, 2.24) is 10.2 Å². The lowest BCUT2D eigenvalue weighted by molar-refractivity contribution is -0.134. The normalized spacial score (nSPS) is 22.4. The zero-order valence-electron chi connectivity index (χ0n) is 14.8. The number of benzene rings is 1. The number of nitrogens with one attached hydrogen (secondary N) is 2. The van der Waals surface area contributed by atoms with Crippen molar-refractivity contribution in [1.29, 1.82) is 0 Å². The Kier molecular flexibility index (Phi) is 3.80. The van der Waals surface area contributed by atoms with Gasteiger partial charge in [0.25, 0.3) is 5.91 Å². The second kappa shape index (κ2) is 6.23. The first-order valence-electron chi connectivity index (χ1n) is 8.97. The molecule has 0 saturated carbocycles. The number of aryl methyl sites for hydroxylation is 1. The highest BCUT2D eigenvalue weighted by Crippen LogP contribution is 2.42. The van der Waals surface area contributed by atoms with E-state index in [0.29, 0.717) is 23.6 Å². The Balaban J connectivity index is 1.33. The molecule has 1 aromatic carbocycles. The van der Waals surface area contributed by atoms with Crippen LogP contribution in [-0.4, -0.2) is 36.1 Å². The molecule has 8 nitrogen and oxygen atoms in total. The SMILES string of the molecule is O=C(CN1C(=O)NC2(CCCc3sccc32)C1=O)Nc1ccc2c(c1)OCO2. The van der Waals surface area contributed by atoms with E-state index in [2.05, 4.69) is 10.6 Å². The van der Waals surface area contributed by atoms with Crippen molar-refractivity contribution in [2.45, 2.75) is 24.8 Å². The number of carbonyl (C=O) groups excluding carboxylic acids is 3. The standard InChI is InChI=1S/C19H17N3O5S/c23-16(20-11-3-4-13-14(8-11)27-10-26-13)9-22-17(24)19(21-18(22)25)6-1-2-15-12(19)5-7-28-15/h3-5,7-8H,1-2,6,9-10H2,(H,20,23)(H,21,25). The van der Waals surface area contributed by atoms with Gasteiger partial charge in [0.2, 0.25) is 12.7 Å². The monoisotopic (exact) mass is 399 g/mol. The summed E-state index contributed by atoms with van der Waals surface area (Å²) in [4.78, 5) is 40.2. The fourth-order valence-corrected chi connectivity index (χ4v) is 5.00. The first kappa shape index (κ1) is 17.1. The van der Waals surface area contributed by atoms with Crippen LogP contribution < -0.4 is 20.1 Å². The maximum atomic E-state index is 13.1. The van der Waals surface area contributed by atoms with Gasteiger partial charge >= 0.3 is 6.03 Å². The lowest BCUT2D eigenvalue weighted by atomic mass is 9.80. The third-order valence-electron chi connectivity index (χ3n) is 5.29. The first-order chi connectivity index (χ1) is 13.6. The number of thiophene rings is 1. The van der Waals surface area contributed by atoms with Crippen LogP contribution in [0.25, 0.3) is 0 Å². The number of hydrogen-bond donors (Lipinski definition) is 2. The summed E-state index contributed by atoms with van der Waals surface area (Å²) in [5, 5.41) is 7.48. The number of fused-ring (bicyclic) bond motifs is 3. The van der Waals surface area contributed by atoms with Crippen LogP contribution in [0.5, 0.6) is 11.5 Å². The smallest absolute Gasteiger partial charge is 0.325 e. The molecule has 9 heteroatoms. The highest BCUT2D eigenvalue weighted by molar-refractivity contribution is 7.10. The maximum absolute atomic E-state index is 13.1. The largest absolute Gasteiger partial charge is 0.454 e. The third-order valence-corrected chi connectivity index (χ3v) is 6.28. The summed E-state index contributed by atoms with van der Waals surface area (Å²) in [6.45, 7) is -0.206. The van der Waals surface area contributed by atoms with Gasteiger partial charge in [-0.2, -0.15) is 0 Å². The molecule has 28 heavy (non-hydrogen) atoms. The van der Waals surface area contributed by atoms with Crippen LogP contribution in [0, 0.1) is 0 Å². The number of hydrogen-bond acceptors (Lipinski definition) is 6. The molecule has 1 saturated heterocycles. The molecule has 0 radical (unpaired) electrons. The molecule has 1 atom stereocenters. The Morgan fingerprint density at radius 2 is 2.11 bits per heavy atom. The Morgan fingerprint density at radius 3 is 3.00 bits per heavy atom. The van der Waals surface area contributed by atoms with Gasteiger partial charge in [0.1, 0.15) is 12.1 Å². The second-order valence-corrected chi connectivity index (χ2v) is 7.95. The molecule has 2 N–H and O–H groups in total. The fourth-order valence-electron chi connectivity index (χ4n) is 4.00. The molecule has 3 heterocycles. The molecule has 3 aliphatic rings. The Hall–Kier alpha value is -3.07. The molecule has 5 rings (SSSR count). The van der Waals surface area contributed by atoms with E-state index in [1.165, 1.54) is 0 Å². The zero-order valence-corrected chi connectivity index (χ0v) is 15.6. The van der Waals surface area contributed by atoms with E-state index in [9.17, 15) is 14.4 Å². The fraction of sp³-hybridized carbons (Fsp3) is 0.316. The summed E-state index contributed by atoms with van der Waals surface area (Å²) in [7, 11) is 0. The van der Waals surface area contributed by atoms with Gasteiger partial charge in [0.15, 0.2) is 11.5 Å².